The van der Waals surface area contributed by atoms with Crippen molar-refractivity contribution in [3.8, 4) is 0 Å². The first-order chi connectivity index (χ1) is 9.50. The van der Waals surface area contributed by atoms with Gasteiger partial charge >= 0.3 is 12.0 Å². The van der Waals surface area contributed by atoms with Crippen LogP contribution in [-0.4, -0.2) is 29.7 Å². The van der Waals surface area contributed by atoms with E-state index >= 15 is 0 Å². The molecule has 1 aliphatic rings. The Morgan fingerprint density at radius 1 is 1.30 bits per heavy atom. The second-order valence-corrected chi connectivity index (χ2v) is 5.39. The lowest BCUT2D eigenvalue weighted by Gasteiger charge is -2.31. The summed E-state index contributed by atoms with van der Waals surface area (Å²) in [6.45, 7) is 4.18. The van der Waals surface area contributed by atoms with E-state index in [1.807, 2.05) is 24.3 Å². The topological polar surface area (TPSA) is 69.6 Å². The fraction of sp³-hybridized carbons (Fsp3) is 0.467. The molecule has 0 saturated heterocycles. The van der Waals surface area contributed by atoms with Crippen LogP contribution in [0.2, 0.25) is 0 Å². The number of carboxylic acids is 1. The highest BCUT2D eigenvalue weighted by molar-refractivity contribution is 5.95. The Morgan fingerprint density at radius 2 is 2.00 bits per heavy atom. The third-order valence-corrected chi connectivity index (χ3v) is 3.57. The van der Waals surface area contributed by atoms with Gasteiger partial charge in [-0.05, 0) is 30.4 Å². The van der Waals surface area contributed by atoms with Crippen LogP contribution in [0, 0.1) is 5.92 Å². The molecule has 20 heavy (non-hydrogen) atoms. The van der Waals surface area contributed by atoms with Gasteiger partial charge in [0.05, 0.1) is 0 Å². The summed E-state index contributed by atoms with van der Waals surface area (Å²) in [4.78, 5) is 25.1. The number of carboxylic acid groups (broad SMARTS) is 1. The average Bonchev–Trinajstić information content (AvgIpc) is 2.43. The fourth-order valence-electron chi connectivity index (χ4n) is 2.47. The van der Waals surface area contributed by atoms with Crippen LogP contribution in [0.25, 0.3) is 0 Å². The maximum absolute atomic E-state index is 12.3. The van der Waals surface area contributed by atoms with Crippen molar-refractivity contribution in [3.05, 3.63) is 29.8 Å². The monoisotopic (exact) mass is 276 g/mol. The standard InChI is InChI=1S/C15H20N2O3/c1-10(2)13(14(18)19)16-15(20)17-9-5-7-11-6-3-4-8-12(11)17/h3-4,6,8,10,13H,5,7,9H2,1-2H3,(H,16,20)(H,18,19)/t13-/m0/s1. The number of carbonyl (C=O) groups is 2. The third kappa shape index (κ3) is 2.92. The molecule has 1 aromatic rings. The summed E-state index contributed by atoms with van der Waals surface area (Å²) < 4.78 is 0. The number of benzene rings is 1. The molecule has 2 rings (SSSR count). The minimum Gasteiger partial charge on any atom is -0.480 e. The van der Waals surface area contributed by atoms with Gasteiger partial charge in [0.2, 0.25) is 0 Å². The van der Waals surface area contributed by atoms with Crippen LogP contribution in [0.4, 0.5) is 10.5 Å². The van der Waals surface area contributed by atoms with E-state index in [4.69, 9.17) is 5.11 Å². The van der Waals surface area contributed by atoms with Gasteiger partial charge in [0, 0.05) is 12.2 Å². The SMILES string of the molecule is CC(C)[C@H](NC(=O)N1CCCc2ccccc21)C(=O)O. The molecule has 0 unspecified atom stereocenters. The van der Waals surface area contributed by atoms with E-state index in [1.54, 1.807) is 18.7 Å². The molecule has 0 spiro atoms. The molecule has 5 nitrogen and oxygen atoms in total. The molecule has 0 bridgehead atoms. The molecule has 1 atom stereocenters. The molecule has 5 heteroatoms. The quantitative estimate of drug-likeness (QED) is 0.889. The maximum atomic E-state index is 12.3. The van der Waals surface area contributed by atoms with Crippen LogP contribution in [-0.2, 0) is 11.2 Å². The van der Waals surface area contributed by atoms with E-state index in [1.165, 1.54) is 0 Å². The highest BCUT2D eigenvalue weighted by atomic mass is 16.4. The summed E-state index contributed by atoms with van der Waals surface area (Å²) in [5, 5.41) is 11.8. The van der Waals surface area contributed by atoms with E-state index in [2.05, 4.69) is 5.32 Å². The lowest BCUT2D eigenvalue weighted by atomic mass is 10.0. The molecule has 0 aromatic heterocycles. The number of carbonyl (C=O) groups excluding carboxylic acids is 1. The Kier molecular flexibility index (Phi) is 4.27. The number of fused-ring (bicyclic) bond motifs is 1. The number of nitrogens with zero attached hydrogens (tertiary/aromatic N) is 1. The van der Waals surface area contributed by atoms with Gasteiger partial charge in [-0.1, -0.05) is 32.0 Å². The number of aryl methyl sites for hydroxylation is 1. The van der Waals surface area contributed by atoms with Crippen LogP contribution in [0.1, 0.15) is 25.8 Å². The summed E-state index contributed by atoms with van der Waals surface area (Å²) >= 11 is 0. The van der Waals surface area contributed by atoms with Gasteiger partial charge in [0.25, 0.3) is 0 Å². The first-order valence-corrected chi connectivity index (χ1v) is 6.89. The maximum Gasteiger partial charge on any atom is 0.326 e. The Balaban J connectivity index is 2.16. The van der Waals surface area contributed by atoms with Crippen LogP contribution < -0.4 is 10.2 Å². The molecular formula is C15H20N2O3. The normalized spacial score (nSPS) is 15.7. The van der Waals surface area contributed by atoms with Gasteiger partial charge in [-0.2, -0.15) is 0 Å². The smallest absolute Gasteiger partial charge is 0.326 e. The van der Waals surface area contributed by atoms with E-state index in [9.17, 15) is 9.59 Å². The molecular weight excluding hydrogens is 256 g/mol. The molecule has 1 heterocycles. The molecule has 2 amide bonds. The van der Waals surface area contributed by atoms with Crippen molar-refractivity contribution in [1.29, 1.82) is 0 Å². The predicted octanol–water partition coefficient (Wildman–Crippen LogP) is 2.26. The minimum absolute atomic E-state index is 0.156. The summed E-state index contributed by atoms with van der Waals surface area (Å²) in [6.07, 6.45) is 1.84. The Bertz CT molecular complexity index is 514. The Hall–Kier alpha value is -2.04. The number of urea groups is 1. The van der Waals surface area contributed by atoms with Crippen molar-refractivity contribution in [2.24, 2.45) is 5.92 Å². The van der Waals surface area contributed by atoms with Gasteiger partial charge < -0.3 is 10.4 Å². The predicted molar refractivity (Wildman–Crippen MR) is 76.9 cm³/mol. The van der Waals surface area contributed by atoms with E-state index in [0.717, 1.165) is 24.1 Å². The van der Waals surface area contributed by atoms with E-state index in [0.29, 0.717) is 6.54 Å². The first-order valence-electron chi connectivity index (χ1n) is 6.89. The van der Waals surface area contributed by atoms with Gasteiger partial charge in [-0.3, -0.25) is 4.90 Å². The zero-order valence-electron chi connectivity index (χ0n) is 11.8. The zero-order chi connectivity index (χ0) is 14.7. The molecule has 0 saturated carbocycles. The van der Waals surface area contributed by atoms with Crippen LogP contribution in [0.3, 0.4) is 0 Å². The van der Waals surface area contributed by atoms with Crippen molar-refractivity contribution < 1.29 is 14.7 Å². The number of hydrogen-bond acceptors (Lipinski definition) is 2. The number of amides is 2. The van der Waals surface area contributed by atoms with Gasteiger partial charge in [0.15, 0.2) is 0 Å². The average molecular weight is 276 g/mol. The number of anilines is 1. The molecule has 2 N–H and O–H groups in total. The molecule has 0 fully saturated rings. The van der Waals surface area contributed by atoms with Crippen molar-refractivity contribution in [3.63, 3.8) is 0 Å². The zero-order valence-corrected chi connectivity index (χ0v) is 11.8. The highest BCUT2D eigenvalue weighted by Crippen LogP contribution is 2.26. The number of rotatable bonds is 3. The first kappa shape index (κ1) is 14.4. The van der Waals surface area contributed by atoms with Crippen LogP contribution in [0.15, 0.2) is 24.3 Å². The summed E-state index contributed by atoms with van der Waals surface area (Å²) in [5.41, 5.74) is 2.01. The second kappa shape index (κ2) is 5.94. The minimum atomic E-state index is -1.00. The van der Waals surface area contributed by atoms with Gasteiger partial charge in [-0.25, -0.2) is 9.59 Å². The fourth-order valence-corrected chi connectivity index (χ4v) is 2.47. The molecule has 0 aliphatic carbocycles. The summed E-state index contributed by atoms with van der Waals surface area (Å²) in [6, 6.07) is 6.55. The Morgan fingerprint density at radius 3 is 2.65 bits per heavy atom. The Labute approximate surface area is 118 Å². The van der Waals surface area contributed by atoms with Crippen molar-refractivity contribution >= 4 is 17.7 Å². The number of para-hydroxylation sites is 1. The summed E-state index contributed by atoms with van der Waals surface area (Å²) in [7, 11) is 0. The highest BCUT2D eigenvalue weighted by Gasteiger charge is 2.28. The lowest BCUT2D eigenvalue weighted by molar-refractivity contribution is -0.140. The molecule has 1 aliphatic heterocycles. The van der Waals surface area contributed by atoms with Gasteiger partial charge in [0.1, 0.15) is 6.04 Å². The molecule has 0 radical (unpaired) electrons. The van der Waals surface area contributed by atoms with Gasteiger partial charge in [-0.15, -0.1) is 0 Å². The summed E-state index contributed by atoms with van der Waals surface area (Å²) in [5.74, 6) is -1.16. The number of aliphatic carboxylic acids is 1. The van der Waals surface area contributed by atoms with Crippen LogP contribution >= 0.6 is 0 Å². The number of hydrogen-bond donors (Lipinski definition) is 2. The van der Waals surface area contributed by atoms with Crippen molar-refractivity contribution in [1.82, 2.24) is 5.32 Å². The van der Waals surface area contributed by atoms with E-state index in [-0.39, 0.29) is 11.9 Å². The van der Waals surface area contributed by atoms with Crippen molar-refractivity contribution in [2.75, 3.05) is 11.4 Å². The molecule has 108 valence electrons. The largest absolute Gasteiger partial charge is 0.480 e. The third-order valence-electron chi connectivity index (χ3n) is 3.57. The van der Waals surface area contributed by atoms with E-state index < -0.39 is 12.0 Å². The lowest BCUT2D eigenvalue weighted by Crippen LogP contribution is -2.51. The van der Waals surface area contributed by atoms with Crippen LogP contribution in [0.5, 0.6) is 0 Å². The number of nitrogens with one attached hydrogen (secondary N) is 1. The molecule has 1 aromatic carbocycles. The second-order valence-electron chi connectivity index (χ2n) is 5.39. The van der Waals surface area contributed by atoms with Crippen molar-refractivity contribution in [2.45, 2.75) is 32.7 Å².